The fraction of sp³-hybridized carbons (Fsp3) is 0.636. The summed E-state index contributed by atoms with van der Waals surface area (Å²) in [6, 6.07) is 4.64. The Kier molecular flexibility index (Phi) is 5.68. The van der Waals surface area contributed by atoms with Crippen LogP contribution in [0.5, 0.6) is 0 Å². The van der Waals surface area contributed by atoms with Gasteiger partial charge in [-0.2, -0.15) is 13.2 Å². The smallest absolute Gasteiger partial charge is 0.352 e. The SMILES string of the molecule is O=C(CCNC(=O)NC12CC3CC(CC(C3)C1)C2)NCc1cccc(C(F)(F)F)c1. The summed E-state index contributed by atoms with van der Waals surface area (Å²) in [6.07, 6.45) is 2.75. The second-order valence-electron chi connectivity index (χ2n) is 9.30. The van der Waals surface area contributed by atoms with Crippen LogP contribution in [-0.2, 0) is 17.5 Å². The Morgan fingerprint density at radius 2 is 1.63 bits per heavy atom. The molecule has 3 amide bonds. The monoisotopic (exact) mass is 423 g/mol. The van der Waals surface area contributed by atoms with E-state index in [4.69, 9.17) is 0 Å². The van der Waals surface area contributed by atoms with Gasteiger partial charge in [0.15, 0.2) is 0 Å². The van der Waals surface area contributed by atoms with E-state index < -0.39 is 11.7 Å². The maximum atomic E-state index is 12.7. The van der Waals surface area contributed by atoms with E-state index in [1.165, 1.54) is 31.4 Å². The third-order valence-corrected chi connectivity index (χ3v) is 6.80. The molecule has 0 unspecified atom stereocenters. The summed E-state index contributed by atoms with van der Waals surface area (Å²) < 4.78 is 38.2. The number of halogens is 3. The van der Waals surface area contributed by atoms with Crippen molar-refractivity contribution < 1.29 is 22.8 Å². The highest BCUT2D eigenvalue weighted by atomic mass is 19.4. The molecule has 4 saturated carbocycles. The number of urea groups is 1. The highest BCUT2D eigenvalue weighted by Gasteiger charge is 2.51. The molecule has 8 heteroatoms. The average molecular weight is 423 g/mol. The van der Waals surface area contributed by atoms with Gasteiger partial charge in [-0.1, -0.05) is 12.1 Å². The molecule has 0 spiro atoms. The molecule has 4 aliphatic carbocycles. The maximum absolute atomic E-state index is 12.7. The summed E-state index contributed by atoms with van der Waals surface area (Å²) >= 11 is 0. The van der Waals surface area contributed by atoms with Crippen LogP contribution in [0.2, 0.25) is 0 Å². The lowest BCUT2D eigenvalue weighted by Crippen LogP contribution is -2.61. The zero-order chi connectivity index (χ0) is 21.4. The second kappa shape index (κ2) is 8.12. The van der Waals surface area contributed by atoms with Gasteiger partial charge in [-0.3, -0.25) is 4.79 Å². The number of hydrogen-bond acceptors (Lipinski definition) is 2. The van der Waals surface area contributed by atoms with Gasteiger partial charge in [0.25, 0.3) is 0 Å². The van der Waals surface area contributed by atoms with E-state index in [0.29, 0.717) is 5.56 Å². The van der Waals surface area contributed by atoms with Crippen LogP contribution < -0.4 is 16.0 Å². The molecule has 0 radical (unpaired) electrons. The van der Waals surface area contributed by atoms with Crippen LogP contribution in [0.25, 0.3) is 0 Å². The van der Waals surface area contributed by atoms with Crippen LogP contribution in [0.4, 0.5) is 18.0 Å². The summed E-state index contributed by atoms with van der Waals surface area (Å²) in [6.45, 7) is 0.203. The zero-order valence-corrected chi connectivity index (χ0v) is 16.9. The van der Waals surface area contributed by atoms with Gasteiger partial charge in [-0.05, 0) is 74.0 Å². The number of nitrogens with one attached hydrogen (secondary N) is 3. The Balaban J connectivity index is 1.18. The first kappa shape index (κ1) is 21.0. The van der Waals surface area contributed by atoms with Gasteiger partial charge < -0.3 is 16.0 Å². The Morgan fingerprint density at radius 1 is 1.00 bits per heavy atom. The average Bonchev–Trinajstić information content (AvgIpc) is 2.64. The van der Waals surface area contributed by atoms with E-state index in [-0.39, 0.29) is 37.0 Å². The molecular weight excluding hydrogens is 395 g/mol. The van der Waals surface area contributed by atoms with Crippen molar-refractivity contribution in [3.05, 3.63) is 35.4 Å². The van der Waals surface area contributed by atoms with Crippen LogP contribution in [-0.4, -0.2) is 24.0 Å². The number of carbonyl (C=O) groups excluding carboxylic acids is 2. The van der Waals surface area contributed by atoms with Crippen LogP contribution in [0, 0.1) is 17.8 Å². The van der Waals surface area contributed by atoms with Gasteiger partial charge in [-0.25, -0.2) is 4.79 Å². The second-order valence-corrected chi connectivity index (χ2v) is 9.30. The number of alkyl halides is 3. The number of carbonyl (C=O) groups is 2. The Morgan fingerprint density at radius 3 is 2.23 bits per heavy atom. The molecule has 1 aromatic rings. The molecule has 0 heterocycles. The Labute approximate surface area is 174 Å². The van der Waals surface area contributed by atoms with Crippen molar-refractivity contribution in [3.63, 3.8) is 0 Å². The van der Waals surface area contributed by atoms with Crippen LogP contribution in [0.1, 0.15) is 56.1 Å². The Bertz CT molecular complexity index is 774. The third-order valence-electron chi connectivity index (χ3n) is 6.80. The number of benzene rings is 1. The van der Waals surface area contributed by atoms with Crippen molar-refractivity contribution in [1.29, 1.82) is 0 Å². The topological polar surface area (TPSA) is 70.2 Å². The van der Waals surface area contributed by atoms with Crippen molar-refractivity contribution in [2.75, 3.05) is 6.54 Å². The van der Waals surface area contributed by atoms with Crippen LogP contribution in [0.15, 0.2) is 24.3 Å². The molecule has 164 valence electrons. The van der Waals surface area contributed by atoms with Crippen molar-refractivity contribution >= 4 is 11.9 Å². The predicted octanol–water partition coefficient (Wildman–Crippen LogP) is 3.98. The number of rotatable bonds is 6. The van der Waals surface area contributed by atoms with Gasteiger partial charge in [0.2, 0.25) is 5.91 Å². The molecule has 30 heavy (non-hydrogen) atoms. The fourth-order valence-electron chi connectivity index (χ4n) is 5.98. The standard InChI is InChI=1S/C22H28F3N3O2/c23-22(24,25)18-3-1-2-14(9-18)13-27-19(29)4-5-26-20(30)28-21-10-15-6-16(11-21)8-17(7-15)12-21/h1-3,9,15-17H,4-8,10-13H2,(H,27,29)(H2,26,28,30). The zero-order valence-electron chi connectivity index (χ0n) is 16.9. The quantitative estimate of drug-likeness (QED) is 0.648. The van der Waals surface area contributed by atoms with Crippen LogP contribution in [0.3, 0.4) is 0 Å². The molecule has 0 saturated heterocycles. The highest BCUT2D eigenvalue weighted by Crippen LogP contribution is 2.55. The van der Waals surface area contributed by atoms with Crippen molar-refractivity contribution in [2.45, 2.75) is 63.2 Å². The minimum Gasteiger partial charge on any atom is -0.352 e. The predicted molar refractivity (Wildman–Crippen MR) is 105 cm³/mol. The van der Waals surface area contributed by atoms with Crippen molar-refractivity contribution in [1.82, 2.24) is 16.0 Å². The molecular formula is C22H28F3N3O2. The van der Waals surface area contributed by atoms with Crippen LogP contribution >= 0.6 is 0 Å². The molecule has 0 aromatic heterocycles. The summed E-state index contributed by atoms with van der Waals surface area (Å²) in [4.78, 5) is 24.3. The van der Waals surface area contributed by atoms with Crippen molar-refractivity contribution in [3.8, 4) is 0 Å². The third kappa shape index (κ3) is 4.90. The molecule has 5 rings (SSSR count). The molecule has 4 aliphatic rings. The normalized spacial score (nSPS) is 29.5. The first-order chi connectivity index (χ1) is 14.2. The molecule has 4 fully saturated rings. The van der Waals surface area contributed by atoms with Gasteiger partial charge in [0.1, 0.15) is 0 Å². The lowest BCUT2D eigenvalue weighted by atomic mass is 9.53. The van der Waals surface area contributed by atoms with Gasteiger partial charge in [0, 0.05) is 25.0 Å². The van der Waals surface area contributed by atoms with E-state index >= 15 is 0 Å². The largest absolute Gasteiger partial charge is 0.416 e. The molecule has 3 N–H and O–H groups in total. The Hall–Kier alpha value is -2.25. The van der Waals surface area contributed by atoms with E-state index in [9.17, 15) is 22.8 Å². The molecule has 0 aliphatic heterocycles. The molecule has 1 aromatic carbocycles. The summed E-state index contributed by atoms with van der Waals surface area (Å²) in [5.74, 6) is 1.89. The van der Waals surface area contributed by atoms with E-state index in [1.807, 2.05) is 0 Å². The fourth-order valence-corrected chi connectivity index (χ4v) is 5.98. The summed E-state index contributed by atoms with van der Waals surface area (Å²) in [5, 5.41) is 8.54. The first-order valence-electron chi connectivity index (χ1n) is 10.7. The summed E-state index contributed by atoms with van der Waals surface area (Å²) in [7, 11) is 0. The maximum Gasteiger partial charge on any atom is 0.416 e. The molecule has 5 nitrogen and oxygen atoms in total. The van der Waals surface area contributed by atoms with Crippen molar-refractivity contribution in [2.24, 2.45) is 17.8 Å². The highest BCUT2D eigenvalue weighted by molar-refractivity contribution is 5.78. The molecule has 4 bridgehead atoms. The minimum absolute atomic E-state index is 0.0161. The van der Waals surface area contributed by atoms with E-state index in [0.717, 1.165) is 49.1 Å². The minimum atomic E-state index is -4.41. The number of amides is 3. The number of hydrogen-bond donors (Lipinski definition) is 3. The lowest BCUT2D eigenvalue weighted by Gasteiger charge is -2.56. The first-order valence-corrected chi connectivity index (χ1v) is 10.7. The van der Waals surface area contributed by atoms with Gasteiger partial charge >= 0.3 is 12.2 Å². The van der Waals surface area contributed by atoms with Gasteiger partial charge in [-0.15, -0.1) is 0 Å². The molecule has 0 atom stereocenters. The van der Waals surface area contributed by atoms with Gasteiger partial charge in [0.05, 0.1) is 5.56 Å². The van der Waals surface area contributed by atoms with E-state index in [2.05, 4.69) is 16.0 Å². The lowest BCUT2D eigenvalue weighted by molar-refractivity contribution is -0.137. The van der Waals surface area contributed by atoms with E-state index in [1.54, 1.807) is 0 Å². The summed E-state index contributed by atoms with van der Waals surface area (Å²) in [5.41, 5.74) is -0.437.